The summed E-state index contributed by atoms with van der Waals surface area (Å²) < 4.78 is 5.13. The van der Waals surface area contributed by atoms with Crippen LogP contribution in [0, 0.1) is 11.3 Å². The van der Waals surface area contributed by atoms with Crippen LogP contribution in [0.3, 0.4) is 0 Å². The van der Waals surface area contributed by atoms with E-state index in [1.54, 1.807) is 4.90 Å². The molecule has 0 saturated heterocycles. The van der Waals surface area contributed by atoms with Crippen LogP contribution in [0.15, 0.2) is 30.3 Å². The molecule has 5 heteroatoms. The number of nitriles is 1. The number of ether oxygens (including phenoxy) is 1. The molecule has 0 radical (unpaired) electrons. The van der Waals surface area contributed by atoms with Crippen molar-refractivity contribution in [3.05, 3.63) is 30.3 Å². The van der Waals surface area contributed by atoms with Crippen LogP contribution in [0.1, 0.15) is 6.42 Å². The highest BCUT2D eigenvalue weighted by atomic mass is 16.5. The standard InChI is InChI=1S/C13H17N3O2/c14-7-4-9-16(12-5-2-1-3-6-12)13(17)11-18-10-8-15/h1-3,5-6H,4,8-11,15H2. The molecule has 1 aromatic rings. The van der Waals surface area contributed by atoms with Crippen molar-refractivity contribution >= 4 is 11.6 Å². The second-order valence-corrected chi connectivity index (χ2v) is 3.63. The van der Waals surface area contributed by atoms with Gasteiger partial charge < -0.3 is 15.4 Å². The summed E-state index contributed by atoms with van der Waals surface area (Å²) in [7, 11) is 0. The van der Waals surface area contributed by atoms with E-state index in [9.17, 15) is 4.79 Å². The number of para-hydroxylation sites is 1. The van der Waals surface area contributed by atoms with E-state index in [0.717, 1.165) is 5.69 Å². The maximum Gasteiger partial charge on any atom is 0.253 e. The van der Waals surface area contributed by atoms with Gasteiger partial charge in [0.15, 0.2) is 0 Å². The zero-order valence-electron chi connectivity index (χ0n) is 10.2. The first-order valence-electron chi connectivity index (χ1n) is 5.79. The summed E-state index contributed by atoms with van der Waals surface area (Å²) in [5.41, 5.74) is 6.06. The molecule has 18 heavy (non-hydrogen) atoms. The minimum Gasteiger partial charge on any atom is -0.370 e. The molecule has 0 unspecified atom stereocenters. The van der Waals surface area contributed by atoms with Gasteiger partial charge in [-0.25, -0.2) is 0 Å². The predicted octanol–water partition coefficient (Wildman–Crippen LogP) is 0.909. The van der Waals surface area contributed by atoms with Gasteiger partial charge in [-0.15, -0.1) is 0 Å². The molecule has 96 valence electrons. The third-order valence-corrected chi connectivity index (χ3v) is 2.30. The Morgan fingerprint density at radius 3 is 2.72 bits per heavy atom. The van der Waals surface area contributed by atoms with Gasteiger partial charge in [-0.3, -0.25) is 4.79 Å². The molecular weight excluding hydrogens is 230 g/mol. The second-order valence-electron chi connectivity index (χ2n) is 3.63. The summed E-state index contributed by atoms with van der Waals surface area (Å²) in [4.78, 5) is 13.5. The molecule has 0 saturated carbocycles. The average Bonchev–Trinajstić information content (AvgIpc) is 2.41. The van der Waals surface area contributed by atoms with Gasteiger partial charge in [0, 0.05) is 18.8 Å². The average molecular weight is 247 g/mol. The van der Waals surface area contributed by atoms with Crippen LogP contribution in [0.25, 0.3) is 0 Å². The molecule has 0 aliphatic rings. The summed E-state index contributed by atoms with van der Waals surface area (Å²) in [5, 5.41) is 8.62. The number of carbonyl (C=O) groups is 1. The van der Waals surface area contributed by atoms with Crippen LogP contribution in [-0.2, 0) is 9.53 Å². The number of nitrogens with zero attached hydrogens (tertiary/aromatic N) is 2. The van der Waals surface area contributed by atoms with Crippen molar-refractivity contribution in [3.63, 3.8) is 0 Å². The third kappa shape index (κ3) is 4.53. The summed E-state index contributed by atoms with van der Waals surface area (Å²) in [6.45, 7) is 1.09. The van der Waals surface area contributed by atoms with Gasteiger partial charge in [-0.05, 0) is 12.1 Å². The molecule has 0 aliphatic carbocycles. The Morgan fingerprint density at radius 1 is 1.39 bits per heavy atom. The van der Waals surface area contributed by atoms with Gasteiger partial charge in [0.1, 0.15) is 6.61 Å². The maximum atomic E-state index is 12.0. The molecule has 2 N–H and O–H groups in total. The molecule has 0 spiro atoms. The van der Waals surface area contributed by atoms with Gasteiger partial charge in [0.2, 0.25) is 0 Å². The van der Waals surface area contributed by atoms with Crippen molar-refractivity contribution in [1.29, 1.82) is 5.26 Å². The van der Waals surface area contributed by atoms with Gasteiger partial charge >= 0.3 is 0 Å². The number of anilines is 1. The fourth-order valence-corrected chi connectivity index (χ4v) is 1.49. The number of hydrogen-bond donors (Lipinski definition) is 1. The highest BCUT2D eigenvalue weighted by molar-refractivity contribution is 5.94. The lowest BCUT2D eigenvalue weighted by Gasteiger charge is -2.21. The van der Waals surface area contributed by atoms with Crippen molar-refractivity contribution in [2.45, 2.75) is 6.42 Å². The first-order valence-corrected chi connectivity index (χ1v) is 5.79. The third-order valence-electron chi connectivity index (χ3n) is 2.30. The molecule has 1 rings (SSSR count). The maximum absolute atomic E-state index is 12.0. The summed E-state index contributed by atoms with van der Waals surface area (Å²) in [6, 6.07) is 11.3. The fraction of sp³-hybridized carbons (Fsp3) is 0.385. The van der Waals surface area contributed by atoms with E-state index in [2.05, 4.69) is 0 Å². The lowest BCUT2D eigenvalue weighted by molar-refractivity contribution is -0.123. The molecule has 1 amide bonds. The van der Waals surface area contributed by atoms with Gasteiger partial charge in [-0.2, -0.15) is 5.26 Å². The summed E-state index contributed by atoms with van der Waals surface area (Å²) >= 11 is 0. The number of benzene rings is 1. The Hall–Kier alpha value is -1.90. The summed E-state index contributed by atoms with van der Waals surface area (Å²) in [5.74, 6) is -0.162. The van der Waals surface area contributed by atoms with Gasteiger partial charge in [-0.1, -0.05) is 18.2 Å². The van der Waals surface area contributed by atoms with Crippen molar-refractivity contribution in [3.8, 4) is 6.07 Å². The zero-order valence-corrected chi connectivity index (χ0v) is 10.2. The van der Waals surface area contributed by atoms with E-state index < -0.39 is 0 Å². The van der Waals surface area contributed by atoms with E-state index in [1.807, 2.05) is 36.4 Å². The monoisotopic (exact) mass is 247 g/mol. The Bertz CT molecular complexity index is 400. The molecule has 0 fully saturated rings. The highest BCUT2D eigenvalue weighted by Crippen LogP contribution is 2.13. The Labute approximate surface area is 107 Å². The lowest BCUT2D eigenvalue weighted by Crippen LogP contribution is -2.35. The lowest BCUT2D eigenvalue weighted by atomic mass is 10.2. The van der Waals surface area contributed by atoms with E-state index in [0.29, 0.717) is 19.7 Å². The Morgan fingerprint density at radius 2 is 2.11 bits per heavy atom. The molecule has 1 aromatic carbocycles. The van der Waals surface area contributed by atoms with Crippen molar-refractivity contribution < 1.29 is 9.53 Å². The van der Waals surface area contributed by atoms with Crippen molar-refractivity contribution in [2.75, 3.05) is 31.2 Å². The smallest absolute Gasteiger partial charge is 0.253 e. The minimum absolute atomic E-state index is 0.0163. The first-order chi connectivity index (χ1) is 8.79. The molecule has 5 nitrogen and oxygen atoms in total. The highest BCUT2D eigenvalue weighted by Gasteiger charge is 2.14. The van der Waals surface area contributed by atoms with E-state index in [-0.39, 0.29) is 18.9 Å². The normalized spacial score (nSPS) is 9.78. The van der Waals surface area contributed by atoms with E-state index in [4.69, 9.17) is 15.7 Å². The summed E-state index contributed by atoms with van der Waals surface area (Å²) in [6.07, 6.45) is 0.289. The largest absolute Gasteiger partial charge is 0.370 e. The van der Waals surface area contributed by atoms with Crippen LogP contribution in [0.4, 0.5) is 5.69 Å². The predicted molar refractivity (Wildman–Crippen MR) is 68.9 cm³/mol. The Kier molecular flexibility index (Phi) is 6.47. The second kappa shape index (κ2) is 8.23. The van der Waals surface area contributed by atoms with Crippen LogP contribution < -0.4 is 10.6 Å². The number of nitrogens with two attached hydrogens (primary N) is 1. The zero-order chi connectivity index (χ0) is 13.2. The minimum atomic E-state index is -0.162. The molecular formula is C13H17N3O2. The van der Waals surface area contributed by atoms with Crippen LogP contribution >= 0.6 is 0 Å². The van der Waals surface area contributed by atoms with E-state index in [1.165, 1.54) is 0 Å². The van der Waals surface area contributed by atoms with E-state index >= 15 is 0 Å². The van der Waals surface area contributed by atoms with Crippen LogP contribution in [-0.4, -0.2) is 32.2 Å². The van der Waals surface area contributed by atoms with Gasteiger partial charge in [0.05, 0.1) is 19.1 Å². The quantitative estimate of drug-likeness (QED) is 0.726. The number of carbonyl (C=O) groups excluding carboxylic acids is 1. The van der Waals surface area contributed by atoms with Crippen LogP contribution in [0.5, 0.6) is 0 Å². The van der Waals surface area contributed by atoms with Crippen LogP contribution in [0.2, 0.25) is 0 Å². The molecule has 0 atom stereocenters. The van der Waals surface area contributed by atoms with Crippen molar-refractivity contribution in [1.82, 2.24) is 0 Å². The molecule has 0 heterocycles. The fourth-order valence-electron chi connectivity index (χ4n) is 1.49. The topological polar surface area (TPSA) is 79.3 Å². The van der Waals surface area contributed by atoms with Gasteiger partial charge in [0.25, 0.3) is 5.91 Å². The molecule has 0 aromatic heterocycles. The molecule has 0 bridgehead atoms. The first kappa shape index (κ1) is 14.2. The SMILES string of the molecule is N#CCCN(C(=O)COCCN)c1ccccc1. The molecule has 0 aliphatic heterocycles. The van der Waals surface area contributed by atoms with Crippen molar-refractivity contribution in [2.24, 2.45) is 5.73 Å². The number of rotatable bonds is 7. The Balaban J connectivity index is 2.66. The number of amides is 1. The number of hydrogen-bond acceptors (Lipinski definition) is 4.